The van der Waals surface area contributed by atoms with Crippen molar-refractivity contribution >= 4 is 24.6 Å². The van der Waals surface area contributed by atoms with Gasteiger partial charge in [-0.05, 0) is 24.1 Å². The maximum atomic E-state index is 10.4. The molecule has 0 heterocycles. The first-order valence-electron chi connectivity index (χ1n) is 5.63. The lowest BCUT2D eigenvalue weighted by Crippen LogP contribution is -2.32. The van der Waals surface area contributed by atoms with Crippen LogP contribution in [0.25, 0.3) is 0 Å². The number of rotatable bonds is 5. The molecule has 1 rings (SSSR count). The molecule has 2 unspecified atom stereocenters. The van der Waals surface area contributed by atoms with Gasteiger partial charge in [0.05, 0.1) is 0 Å². The molecule has 0 amide bonds. The third-order valence-corrected chi connectivity index (χ3v) is 2.62. The van der Waals surface area contributed by atoms with Gasteiger partial charge in [0.1, 0.15) is 17.8 Å². The molecule has 0 radical (unpaired) electrons. The third kappa shape index (κ3) is 7.62. The van der Waals surface area contributed by atoms with E-state index >= 15 is 0 Å². The molecular formula is C12H18N2O5S. The van der Waals surface area contributed by atoms with Crippen molar-refractivity contribution < 1.29 is 24.9 Å². The summed E-state index contributed by atoms with van der Waals surface area (Å²) in [5.74, 6) is -1.68. The van der Waals surface area contributed by atoms with Gasteiger partial charge in [0, 0.05) is 5.75 Å². The number of thiol groups is 1. The number of phenolic OH excluding ortho intramolecular Hbond substituents is 1. The summed E-state index contributed by atoms with van der Waals surface area (Å²) in [4.78, 5) is 20.2. The van der Waals surface area contributed by atoms with Gasteiger partial charge >= 0.3 is 11.9 Å². The van der Waals surface area contributed by atoms with Crippen molar-refractivity contribution in [2.75, 3.05) is 5.75 Å². The largest absolute Gasteiger partial charge is 0.508 e. The van der Waals surface area contributed by atoms with Gasteiger partial charge in [-0.2, -0.15) is 12.6 Å². The smallest absolute Gasteiger partial charge is 0.321 e. The van der Waals surface area contributed by atoms with Crippen LogP contribution < -0.4 is 11.5 Å². The molecule has 0 aliphatic carbocycles. The minimum atomic E-state index is -1.02. The van der Waals surface area contributed by atoms with Crippen molar-refractivity contribution in [3.63, 3.8) is 0 Å². The Balaban J connectivity index is 0.000000441. The van der Waals surface area contributed by atoms with Crippen LogP contribution in [0.1, 0.15) is 5.56 Å². The fraction of sp³-hybridized carbons (Fsp3) is 0.333. The van der Waals surface area contributed by atoms with Crippen molar-refractivity contribution in [2.24, 2.45) is 11.5 Å². The number of benzene rings is 1. The second-order valence-corrected chi connectivity index (χ2v) is 4.31. The van der Waals surface area contributed by atoms with Crippen LogP contribution in [0.3, 0.4) is 0 Å². The highest BCUT2D eigenvalue weighted by Gasteiger charge is 2.11. The predicted molar refractivity (Wildman–Crippen MR) is 76.9 cm³/mol. The highest BCUT2D eigenvalue weighted by molar-refractivity contribution is 7.80. The van der Waals surface area contributed by atoms with Crippen molar-refractivity contribution in [1.82, 2.24) is 0 Å². The van der Waals surface area contributed by atoms with Gasteiger partial charge in [0.25, 0.3) is 0 Å². The van der Waals surface area contributed by atoms with Gasteiger partial charge in [0.2, 0.25) is 0 Å². The van der Waals surface area contributed by atoms with E-state index in [-0.39, 0.29) is 17.9 Å². The Bertz CT molecular complexity index is 438. The van der Waals surface area contributed by atoms with Crippen molar-refractivity contribution in [3.8, 4) is 5.75 Å². The maximum Gasteiger partial charge on any atom is 0.321 e. The van der Waals surface area contributed by atoms with Crippen LogP contribution in [0.2, 0.25) is 0 Å². The molecule has 0 aliphatic rings. The van der Waals surface area contributed by atoms with E-state index in [2.05, 4.69) is 12.6 Å². The van der Waals surface area contributed by atoms with E-state index in [1.54, 1.807) is 12.1 Å². The second-order valence-electron chi connectivity index (χ2n) is 3.94. The Morgan fingerprint density at radius 3 is 1.80 bits per heavy atom. The molecule has 112 valence electrons. The third-order valence-electron chi connectivity index (χ3n) is 2.22. The molecular weight excluding hydrogens is 284 g/mol. The van der Waals surface area contributed by atoms with E-state index < -0.39 is 24.0 Å². The summed E-state index contributed by atoms with van der Waals surface area (Å²) in [6.45, 7) is 0. The predicted octanol–water partition coefficient (Wildman–Crippen LogP) is -0.325. The number of hydrogen-bond acceptors (Lipinski definition) is 6. The van der Waals surface area contributed by atoms with Crippen LogP contribution in [-0.2, 0) is 16.0 Å². The van der Waals surface area contributed by atoms with Crippen molar-refractivity contribution in [3.05, 3.63) is 29.8 Å². The first-order valence-corrected chi connectivity index (χ1v) is 6.26. The number of aliphatic carboxylic acids is 2. The average molecular weight is 302 g/mol. The quantitative estimate of drug-likeness (QED) is 0.408. The van der Waals surface area contributed by atoms with Gasteiger partial charge in [-0.25, -0.2) is 0 Å². The molecule has 20 heavy (non-hydrogen) atoms. The zero-order chi connectivity index (χ0) is 15.7. The van der Waals surface area contributed by atoms with Crippen LogP contribution in [-0.4, -0.2) is 45.1 Å². The number of phenols is 1. The van der Waals surface area contributed by atoms with E-state index in [4.69, 9.17) is 26.8 Å². The molecule has 0 saturated carbocycles. The van der Waals surface area contributed by atoms with Crippen LogP contribution in [0.4, 0.5) is 0 Å². The lowest BCUT2D eigenvalue weighted by Gasteiger charge is -2.05. The summed E-state index contributed by atoms with van der Waals surface area (Å²) < 4.78 is 0. The molecule has 7 N–H and O–H groups in total. The van der Waals surface area contributed by atoms with E-state index in [1.807, 2.05) is 0 Å². The van der Waals surface area contributed by atoms with Crippen molar-refractivity contribution in [1.29, 1.82) is 0 Å². The molecule has 0 bridgehead atoms. The number of carboxylic acid groups (broad SMARTS) is 2. The molecule has 1 aromatic carbocycles. The van der Waals surface area contributed by atoms with Gasteiger partial charge in [-0.3, -0.25) is 9.59 Å². The molecule has 0 spiro atoms. The highest BCUT2D eigenvalue weighted by Crippen LogP contribution is 2.10. The summed E-state index contributed by atoms with van der Waals surface area (Å²) in [7, 11) is 0. The van der Waals surface area contributed by atoms with Gasteiger partial charge in [-0.15, -0.1) is 0 Å². The number of nitrogens with two attached hydrogens (primary N) is 2. The molecule has 8 heteroatoms. The fourth-order valence-electron chi connectivity index (χ4n) is 1.05. The van der Waals surface area contributed by atoms with E-state index in [1.165, 1.54) is 12.1 Å². The first kappa shape index (κ1) is 18.2. The maximum absolute atomic E-state index is 10.4. The number of hydrogen-bond donors (Lipinski definition) is 6. The minimum Gasteiger partial charge on any atom is -0.508 e. The summed E-state index contributed by atoms with van der Waals surface area (Å²) >= 11 is 3.65. The topological polar surface area (TPSA) is 147 Å². The van der Waals surface area contributed by atoms with Crippen molar-refractivity contribution in [2.45, 2.75) is 18.5 Å². The zero-order valence-corrected chi connectivity index (χ0v) is 11.5. The molecule has 0 aromatic heterocycles. The Morgan fingerprint density at radius 1 is 1.05 bits per heavy atom. The molecule has 0 fully saturated rings. The van der Waals surface area contributed by atoms with Gasteiger partial charge in [-0.1, -0.05) is 12.1 Å². The van der Waals surface area contributed by atoms with Crippen LogP contribution >= 0.6 is 12.6 Å². The molecule has 7 nitrogen and oxygen atoms in total. The highest BCUT2D eigenvalue weighted by atomic mass is 32.1. The van der Waals surface area contributed by atoms with E-state index in [9.17, 15) is 9.59 Å². The standard InChI is InChI=1S/C9H11NO3.C3H7NO2S/c10-8(9(12)13)5-6-1-3-7(11)4-2-6;4-2(1-7)3(5)6/h1-4,8,11H,5,10H2,(H,12,13);2,7H,1,4H2,(H,5,6). The van der Waals surface area contributed by atoms with Crippen LogP contribution in [0, 0.1) is 0 Å². The first-order chi connectivity index (χ1) is 9.27. The number of aromatic hydroxyl groups is 1. The molecule has 0 saturated heterocycles. The summed E-state index contributed by atoms with van der Waals surface area (Å²) in [6, 6.07) is 4.61. The normalized spacial score (nSPS) is 12.8. The summed E-state index contributed by atoms with van der Waals surface area (Å²) in [5.41, 5.74) is 11.1. The fourth-order valence-corrected chi connectivity index (χ4v) is 1.21. The Kier molecular flexibility index (Phi) is 8.37. The molecule has 2 atom stereocenters. The lowest BCUT2D eigenvalue weighted by molar-refractivity contribution is -0.139. The summed E-state index contributed by atoms with van der Waals surface area (Å²) in [5, 5.41) is 25.5. The monoisotopic (exact) mass is 302 g/mol. The number of carboxylic acids is 2. The van der Waals surface area contributed by atoms with Gasteiger partial charge < -0.3 is 26.8 Å². The lowest BCUT2D eigenvalue weighted by atomic mass is 10.1. The Morgan fingerprint density at radius 2 is 1.50 bits per heavy atom. The van der Waals surface area contributed by atoms with E-state index in [0.717, 1.165) is 5.56 Å². The summed E-state index contributed by atoms with van der Waals surface area (Å²) in [6.07, 6.45) is 0.273. The van der Waals surface area contributed by atoms with Gasteiger partial charge in [0.15, 0.2) is 0 Å². The van der Waals surface area contributed by atoms with Crippen LogP contribution in [0.15, 0.2) is 24.3 Å². The zero-order valence-electron chi connectivity index (χ0n) is 10.6. The SMILES string of the molecule is NC(CS)C(=O)O.NC(Cc1ccc(O)cc1)C(=O)O. The Labute approximate surface area is 121 Å². The Hall–Kier alpha value is -1.77. The molecule has 0 aliphatic heterocycles. The molecule has 1 aromatic rings. The van der Waals surface area contributed by atoms with Crippen LogP contribution in [0.5, 0.6) is 5.75 Å². The minimum absolute atomic E-state index is 0.160. The number of carbonyl (C=O) groups is 2. The average Bonchev–Trinajstić information content (AvgIpc) is 2.40. The second kappa shape index (κ2) is 9.18. The van der Waals surface area contributed by atoms with E-state index in [0.29, 0.717) is 0 Å².